The number of halogens is 1. The molecule has 0 saturated heterocycles. The second kappa shape index (κ2) is 8.94. The Kier molecular flexibility index (Phi) is 6.16. The van der Waals surface area contributed by atoms with Gasteiger partial charge in [-0.2, -0.15) is 0 Å². The van der Waals surface area contributed by atoms with E-state index in [9.17, 15) is 4.79 Å². The Labute approximate surface area is 172 Å². The summed E-state index contributed by atoms with van der Waals surface area (Å²) in [5, 5.41) is 25.3. The average Bonchev–Trinajstić information content (AvgIpc) is 3.19. The van der Waals surface area contributed by atoms with Crippen LogP contribution in [0.2, 0.25) is 5.02 Å². The zero-order chi connectivity index (χ0) is 20.8. The van der Waals surface area contributed by atoms with Crippen LogP contribution in [0.3, 0.4) is 0 Å². The van der Waals surface area contributed by atoms with Gasteiger partial charge in [0.15, 0.2) is 11.6 Å². The lowest BCUT2D eigenvalue weighted by molar-refractivity contribution is -0.112. The molecular formula is C20H18ClN7O. The summed E-state index contributed by atoms with van der Waals surface area (Å²) in [4.78, 5) is 16.5. The Hall–Kier alpha value is -3.78. The number of hydrogen-bond donors (Lipinski definition) is 4. The summed E-state index contributed by atoms with van der Waals surface area (Å²) in [5.74, 6) is 0.994. The Balaban J connectivity index is 1.80. The smallest absolute Gasteiger partial charge is 0.258 e. The van der Waals surface area contributed by atoms with Crippen LogP contribution in [0.4, 0.5) is 17.3 Å². The molecular weight excluding hydrogens is 390 g/mol. The van der Waals surface area contributed by atoms with Gasteiger partial charge in [-0.25, -0.2) is 9.67 Å². The van der Waals surface area contributed by atoms with Crippen molar-refractivity contribution in [1.29, 1.82) is 10.8 Å². The van der Waals surface area contributed by atoms with E-state index in [-0.39, 0.29) is 5.57 Å². The van der Waals surface area contributed by atoms with Gasteiger partial charge in [-0.3, -0.25) is 4.79 Å². The van der Waals surface area contributed by atoms with Crippen molar-refractivity contribution in [2.75, 3.05) is 10.6 Å². The molecule has 0 spiro atoms. The maximum absolute atomic E-state index is 12.1. The minimum atomic E-state index is -0.407. The van der Waals surface area contributed by atoms with E-state index in [0.29, 0.717) is 33.7 Å². The van der Waals surface area contributed by atoms with Crippen molar-refractivity contribution in [2.45, 2.75) is 6.92 Å². The van der Waals surface area contributed by atoms with Gasteiger partial charge in [0.2, 0.25) is 0 Å². The minimum Gasteiger partial charge on any atom is -0.338 e. The van der Waals surface area contributed by atoms with E-state index < -0.39 is 5.91 Å². The number of carbonyl (C=O) groups is 1. The van der Waals surface area contributed by atoms with E-state index in [1.54, 1.807) is 66.3 Å². The zero-order valence-corrected chi connectivity index (χ0v) is 16.2. The van der Waals surface area contributed by atoms with Crippen LogP contribution < -0.4 is 10.6 Å². The molecule has 4 N–H and O–H groups in total. The fourth-order valence-corrected chi connectivity index (χ4v) is 2.73. The molecule has 0 aliphatic carbocycles. The summed E-state index contributed by atoms with van der Waals surface area (Å²) in [5.41, 5.74) is 1.48. The molecule has 0 bridgehead atoms. The predicted octanol–water partition coefficient (Wildman–Crippen LogP) is 4.20. The van der Waals surface area contributed by atoms with Gasteiger partial charge in [-0.15, -0.1) is 5.10 Å². The SMILES string of the molecule is C/C=C(\C=N)C(=O)Nc1cccc(-n2ccc(Nc3cccc(C=N)c3Cl)n2)n1. The van der Waals surface area contributed by atoms with E-state index in [1.165, 1.54) is 6.21 Å². The molecule has 2 heterocycles. The number of hydrogen-bond acceptors (Lipinski definition) is 6. The van der Waals surface area contributed by atoms with Crippen molar-refractivity contribution < 1.29 is 4.79 Å². The maximum atomic E-state index is 12.1. The number of nitrogens with one attached hydrogen (secondary N) is 4. The molecule has 0 saturated carbocycles. The highest BCUT2D eigenvalue weighted by Crippen LogP contribution is 2.27. The Morgan fingerprint density at radius 3 is 2.66 bits per heavy atom. The van der Waals surface area contributed by atoms with E-state index >= 15 is 0 Å². The standard InChI is InChI=1S/C20H18ClN7O/c1-2-13(11-22)20(29)26-16-7-4-8-18(25-16)28-10-9-17(27-28)24-15-6-3-5-14(12-23)19(15)21/h2-12,22-23H,1H3,(H,24,27)(H,25,26,29)/b13-2+,22-11?,23-12?. The van der Waals surface area contributed by atoms with Crippen molar-refractivity contribution in [1.82, 2.24) is 14.8 Å². The van der Waals surface area contributed by atoms with Gasteiger partial charge in [-0.05, 0) is 25.1 Å². The molecule has 2 aromatic heterocycles. The van der Waals surface area contributed by atoms with E-state index in [4.69, 9.17) is 22.4 Å². The molecule has 1 aromatic carbocycles. The topological polar surface area (TPSA) is 120 Å². The number of allylic oxidation sites excluding steroid dienone is 1. The summed E-state index contributed by atoms with van der Waals surface area (Å²) in [6, 6.07) is 12.3. The summed E-state index contributed by atoms with van der Waals surface area (Å²) < 4.78 is 1.56. The number of rotatable bonds is 7. The molecule has 0 aliphatic heterocycles. The normalized spacial score (nSPS) is 11.0. The number of pyridine rings is 1. The van der Waals surface area contributed by atoms with Crippen LogP contribution in [0.5, 0.6) is 0 Å². The zero-order valence-electron chi connectivity index (χ0n) is 15.5. The third kappa shape index (κ3) is 4.56. The fraction of sp³-hybridized carbons (Fsp3) is 0.0500. The molecule has 0 unspecified atom stereocenters. The lowest BCUT2D eigenvalue weighted by Crippen LogP contribution is -2.16. The minimum absolute atomic E-state index is 0.242. The van der Waals surface area contributed by atoms with Gasteiger partial charge in [-0.1, -0.05) is 35.9 Å². The Morgan fingerprint density at radius 1 is 1.14 bits per heavy atom. The molecule has 29 heavy (non-hydrogen) atoms. The van der Waals surface area contributed by atoms with Crippen molar-refractivity contribution in [3.05, 3.63) is 70.9 Å². The van der Waals surface area contributed by atoms with E-state index in [2.05, 4.69) is 20.7 Å². The summed E-state index contributed by atoms with van der Waals surface area (Å²) >= 11 is 6.28. The highest BCUT2D eigenvalue weighted by Gasteiger charge is 2.10. The predicted molar refractivity (Wildman–Crippen MR) is 115 cm³/mol. The van der Waals surface area contributed by atoms with Gasteiger partial charge in [0.1, 0.15) is 5.82 Å². The molecule has 3 aromatic rings. The molecule has 0 fully saturated rings. The van der Waals surface area contributed by atoms with Crippen LogP contribution in [0.25, 0.3) is 5.82 Å². The van der Waals surface area contributed by atoms with E-state index in [1.807, 2.05) is 0 Å². The van der Waals surface area contributed by atoms with Gasteiger partial charge < -0.3 is 21.5 Å². The van der Waals surface area contributed by atoms with Crippen LogP contribution >= 0.6 is 11.6 Å². The van der Waals surface area contributed by atoms with Crippen molar-refractivity contribution in [3.8, 4) is 5.82 Å². The van der Waals surface area contributed by atoms with Crippen molar-refractivity contribution in [2.24, 2.45) is 0 Å². The number of aromatic nitrogens is 3. The highest BCUT2D eigenvalue weighted by molar-refractivity contribution is 6.35. The third-order valence-electron chi connectivity index (χ3n) is 3.98. The molecule has 3 rings (SSSR count). The lowest BCUT2D eigenvalue weighted by atomic mass is 10.2. The quantitative estimate of drug-likeness (QED) is 0.346. The molecule has 0 atom stereocenters. The highest BCUT2D eigenvalue weighted by atomic mass is 35.5. The van der Waals surface area contributed by atoms with Gasteiger partial charge in [0.05, 0.1) is 16.3 Å². The summed E-state index contributed by atoms with van der Waals surface area (Å²) in [7, 11) is 0. The largest absolute Gasteiger partial charge is 0.338 e. The first-order chi connectivity index (χ1) is 14.0. The van der Waals surface area contributed by atoms with Crippen LogP contribution in [0, 0.1) is 10.8 Å². The maximum Gasteiger partial charge on any atom is 0.258 e. The van der Waals surface area contributed by atoms with Gasteiger partial charge in [0, 0.05) is 30.3 Å². The van der Waals surface area contributed by atoms with Crippen LogP contribution in [0.15, 0.2) is 60.3 Å². The molecule has 0 radical (unpaired) electrons. The first-order valence-corrected chi connectivity index (χ1v) is 9.00. The third-order valence-corrected chi connectivity index (χ3v) is 4.40. The summed E-state index contributed by atoms with van der Waals surface area (Å²) in [6.45, 7) is 1.69. The summed E-state index contributed by atoms with van der Waals surface area (Å²) in [6.07, 6.45) is 5.45. The number of anilines is 3. The van der Waals surface area contributed by atoms with Gasteiger partial charge in [0.25, 0.3) is 5.91 Å². The molecule has 8 nitrogen and oxygen atoms in total. The van der Waals surface area contributed by atoms with Gasteiger partial charge >= 0.3 is 0 Å². The molecule has 1 amide bonds. The second-order valence-corrected chi connectivity index (χ2v) is 6.23. The lowest BCUT2D eigenvalue weighted by Gasteiger charge is -2.08. The van der Waals surface area contributed by atoms with Crippen LogP contribution in [-0.2, 0) is 4.79 Å². The Bertz CT molecular complexity index is 1100. The average molecular weight is 408 g/mol. The van der Waals surface area contributed by atoms with E-state index in [0.717, 1.165) is 6.21 Å². The monoisotopic (exact) mass is 407 g/mol. The fourth-order valence-electron chi connectivity index (χ4n) is 2.50. The second-order valence-electron chi connectivity index (χ2n) is 5.85. The number of benzene rings is 1. The first kappa shape index (κ1) is 20.0. The van der Waals surface area contributed by atoms with Crippen LogP contribution in [-0.4, -0.2) is 33.1 Å². The number of nitrogens with zero attached hydrogens (tertiary/aromatic N) is 3. The first-order valence-electron chi connectivity index (χ1n) is 8.63. The van der Waals surface area contributed by atoms with Crippen molar-refractivity contribution >= 4 is 47.3 Å². The molecule has 146 valence electrons. The Morgan fingerprint density at radius 2 is 1.93 bits per heavy atom. The number of amides is 1. The van der Waals surface area contributed by atoms with Crippen molar-refractivity contribution in [3.63, 3.8) is 0 Å². The van der Waals surface area contributed by atoms with Crippen LogP contribution in [0.1, 0.15) is 12.5 Å². The number of carbonyl (C=O) groups excluding carboxylic acids is 1. The molecule has 0 aliphatic rings. The molecule has 9 heteroatoms.